The standard InChI is InChI=1S/C15H22ClNO2/c1-12(18)14-11-13(16)5-6-15(14)19-10-9-17-7-3-2-4-8-17/h5-6,11-12,18H,2-4,7-10H2,1H3/t12-/m1/s1. The van der Waals surface area contributed by atoms with Crippen molar-refractivity contribution in [1.29, 1.82) is 0 Å². The lowest BCUT2D eigenvalue weighted by molar-refractivity contribution is 0.171. The summed E-state index contributed by atoms with van der Waals surface area (Å²) in [6.07, 6.45) is 3.36. The van der Waals surface area contributed by atoms with E-state index in [0.29, 0.717) is 11.6 Å². The molecule has 4 heteroatoms. The molecule has 3 nitrogen and oxygen atoms in total. The van der Waals surface area contributed by atoms with Crippen LogP contribution in [0.3, 0.4) is 0 Å². The third-order valence-corrected chi connectivity index (χ3v) is 3.77. The molecule has 0 radical (unpaired) electrons. The Morgan fingerprint density at radius 3 is 2.74 bits per heavy atom. The number of ether oxygens (including phenoxy) is 1. The van der Waals surface area contributed by atoms with Crippen molar-refractivity contribution in [2.75, 3.05) is 26.2 Å². The van der Waals surface area contributed by atoms with Crippen molar-refractivity contribution in [1.82, 2.24) is 4.90 Å². The van der Waals surface area contributed by atoms with Gasteiger partial charge < -0.3 is 9.84 Å². The molecular formula is C15H22ClNO2. The molecule has 19 heavy (non-hydrogen) atoms. The Hall–Kier alpha value is -0.770. The lowest BCUT2D eigenvalue weighted by Gasteiger charge is -2.26. The van der Waals surface area contributed by atoms with E-state index in [2.05, 4.69) is 4.90 Å². The fraction of sp³-hybridized carbons (Fsp3) is 0.600. The minimum atomic E-state index is -0.566. The van der Waals surface area contributed by atoms with Crippen molar-refractivity contribution in [2.24, 2.45) is 0 Å². The average Bonchev–Trinajstić information content (AvgIpc) is 2.41. The van der Waals surface area contributed by atoms with Crippen LogP contribution in [0.1, 0.15) is 37.9 Å². The molecule has 0 bridgehead atoms. The minimum Gasteiger partial charge on any atom is -0.492 e. The number of rotatable bonds is 5. The number of hydrogen-bond acceptors (Lipinski definition) is 3. The van der Waals surface area contributed by atoms with Gasteiger partial charge in [0.1, 0.15) is 12.4 Å². The summed E-state index contributed by atoms with van der Waals surface area (Å²) in [6.45, 7) is 5.67. The molecule has 0 spiro atoms. The zero-order chi connectivity index (χ0) is 13.7. The van der Waals surface area contributed by atoms with Gasteiger partial charge in [-0.2, -0.15) is 0 Å². The van der Waals surface area contributed by atoms with E-state index in [9.17, 15) is 5.11 Å². The fourth-order valence-electron chi connectivity index (χ4n) is 2.44. The third kappa shape index (κ3) is 4.37. The van der Waals surface area contributed by atoms with Crippen molar-refractivity contribution in [3.05, 3.63) is 28.8 Å². The smallest absolute Gasteiger partial charge is 0.125 e. The number of hydrogen-bond donors (Lipinski definition) is 1. The van der Waals surface area contributed by atoms with Gasteiger partial charge in [0.2, 0.25) is 0 Å². The second-order valence-corrected chi connectivity index (χ2v) is 5.55. The molecule has 0 aromatic heterocycles. The highest BCUT2D eigenvalue weighted by molar-refractivity contribution is 6.30. The normalized spacial score (nSPS) is 18.3. The number of likely N-dealkylation sites (tertiary alicyclic amines) is 1. The Kier molecular flexibility index (Phi) is 5.49. The molecule has 0 saturated carbocycles. The van der Waals surface area contributed by atoms with Crippen LogP contribution in [0.25, 0.3) is 0 Å². The summed E-state index contributed by atoms with van der Waals surface area (Å²) in [5.41, 5.74) is 0.756. The van der Waals surface area contributed by atoms with Gasteiger partial charge in [-0.05, 0) is 51.1 Å². The number of halogens is 1. The van der Waals surface area contributed by atoms with E-state index in [1.54, 1.807) is 19.1 Å². The second kappa shape index (κ2) is 7.13. The number of piperidine rings is 1. The van der Waals surface area contributed by atoms with Gasteiger partial charge in [-0.3, -0.25) is 4.90 Å². The van der Waals surface area contributed by atoms with Gasteiger partial charge in [-0.15, -0.1) is 0 Å². The molecule has 0 unspecified atom stereocenters. The molecule has 1 N–H and O–H groups in total. The largest absolute Gasteiger partial charge is 0.492 e. The first-order chi connectivity index (χ1) is 9.16. The second-order valence-electron chi connectivity index (χ2n) is 5.11. The summed E-state index contributed by atoms with van der Waals surface area (Å²) < 4.78 is 5.80. The monoisotopic (exact) mass is 283 g/mol. The van der Waals surface area contributed by atoms with Crippen molar-refractivity contribution < 1.29 is 9.84 Å². The van der Waals surface area contributed by atoms with Crippen LogP contribution in [0.5, 0.6) is 5.75 Å². The van der Waals surface area contributed by atoms with Crippen LogP contribution in [0, 0.1) is 0 Å². The predicted octanol–water partition coefficient (Wildman–Crippen LogP) is 3.26. The van der Waals surface area contributed by atoms with E-state index >= 15 is 0 Å². The summed E-state index contributed by atoms with van der Waals surface area (Å²) in [5, 5.41) is 10.4. The van der Waals surface area contributed by atoms with Crippen molar-refractivity contribution in [3.63, 3.8) is 0 Å². The van der Waals surface area contributed by atoms with Gasteiger partial charge in [0, 0.05) is 17.1 Å². The Morgan fingerprint density at radius 1 is 1.32 bits per heavy atom. The molecule has 1 atom stereocenters. The maximum Gasteiger partial charge on any atom is 0.125 e. The van der Waals surface area contributed by atoms with Gasteiger partial charge in [0.05, 0.1) is 6.10 Å². The lowest BCUT2D eigenvalue weighted by atomic mass is 10.1. The Morgan fingerprint density at radius 2 is 2.05 bits per heavy atom. The first-order valence-electron chi connectivity index (χ1n) is 6.99. The summed E-state index contributed by atoms with van der Waals surface area (Å²) in [6, 6.07) is 5.40. The molecule has 1 fully saturated rings. The maximum absolute atomic E-state index is 9.73. The lowest BCUT2D eigenvalue weighted by Crippen LogP contribution is -2.33. The minimum absolute atomic E-state index is 0.566. The number of nitrogens with zero attached hydrogens (tertiary/aromatic N) is 1. The predicted molar refractivity (Wildman–Crippen MR) is 77.9 cm³/mol. The van der Waals surface area contributed by atoms with E-state index in [4.69, 9.17) is 16.3 Å². The van der Waals surface area contributed by atoms with Crippen molar-refractivity contribution in [2.45, 2.75) is 32.3 Å². The molecule has 1 heterocycles. The van der Waals surface area contributed by atoms with Gasteiger partial charge in [0.25, 0.3) is 0 Å². The summed E-state index contributed by atoms with van der Waals surface area (Å²) in [7, 11) is 0. The quantitative estimate of drug-likeness (QED) is 0.900. The van der Waals surface area contributed by atoms with Crippen LogP contribution in [0.15, 0.2) is 18.2 Å². The Labute approximate surface area is 120 Å². The molecule has 1 aliphatic heterocycles. The zero-order valence-electron chi connectivity index (χ0n) is 11.4. The van der Waals surface area contributed by atoms with Crippen LogP contribution in [0.2, 0.25) is 5.02 Å². The van der Waals surface area contributed by atoms with Crippen LogP contribution in [-0.4, -0.2) is 36.2 Å². The highest BCUT2D eigenvalue weighted by atomic mass is 35.5. The molecule has 1 aliphatic rings. The molecule has 1 saturated heterocycles. The maximum atomic E-state index is 9.73. The molecule has 1 aromatic carbocycles. The molecule has 2 rings (SSSR count). The summed E-state index contributed by atoms with van der Waals surface area (Å²) >= 11 is 5.94. The van der Waals surface area contributed by atoms with Gasteiger partial charge in [0.15, 0.2) is 0 Å². The van der Waals surface area contributed by atoms with Gasteiger partial charge >= 0.3 is 0 Å². The SMILES string of the molecule is C[C@@H](O)c1cc(Cl)ccc1OCCN1CCCCC1. The van der Waals surface area contributed by atoms with Crippen LogP contribution < -0.4 is 4.74 Å². The average molecular weight is 284 g/mol. The molecule has 1 aromatic rings. The van der Waals surface area contributed by atoms with Crippen LogP contribution in [0.4, 0.5) is 0 Å². The summed E-state index contributed by atoms with van der Waals surface area (Å²) in [5.74, 6) is 0.733. The summed E-state index contributed by atoms with van der Waals surface area (Å²) in [4.78, 5) is 2.43. The number of aliphatic hydroxyl groups is 1. The van der Waals surface area contributed by atoms with E-state index in [-0.39, 0.29) is 0 Å². The van der Waals surface area contributed by atoms with Crippen LogP contribution in [-0.2, 0) is 0 Å². The number of aliphatic hydroxyl groups excluding tert-OH is 1. The highest BCUT2D eigenvalue weighted by Gasteiger charge is 2.12. The molecule has 106 valence electrons. The van der Waals surface area contributed by atoms with Crippen molar-refractivity contribution in [3.8, 4) is 5.75 Å². The van der Waals surface area contributed by atoms with E-state index < -0.39 is 6.10 Å². The first kappa shape index (κ1) is 14.6. The van der Waals surface area contributed by atoms with Crippen molar-refractivity contribution >= 4 is 11.6 Å². The fourth-order valence-corrected chi connectivity index (χ4v) is 2.63. The van der Waals surface area contributed by atoms with Gasteiger partial charge in [-0.1, -0.05) is 18.0 Å². The molecular weight excluding hydrogens is 262 g/mol. The molecule has 0 amide bonds. The Bertz CT molecular complexity index is 403. The van der Waals surface area contributed by atoms with E-state index in [0.717, 1.165) is 17.9 Å². The number of benzene rings is 1. The highest BCUT2D eigenvalue weighted by Crippen LogP contribution is 2.28. The first-order valence-corrected chi connectivity index (χ1v) is 7.37. The molecule has 0 aliphatic carbocycles. The van der Waals surface area contributed by atoms with Gasteiger partial charge in [-0.25, -0.2) is 0 Å². The van der Waals surface area contributed by atoms with E-state index in [1.165, 1.54) is 32.4 Å². The van der Waals surface area contributed by atoms with Crippen LogP contribution >= 0.6 is 11.6 Å². The third-order valence-electron chi connectivity index (χ3n) is 3.54. The van der Waals surface area contributed by atoms with E-state index in [1.807, 2.05) is 6.07 Å². The zero-order valence-corrected chi connectivity index (χ0v) is 12.2. The Balaban J connectivity index is 1.88. The topological polar surface area (TPSA) is 32.7 Å².